The molecule has 0 amide bonds. The first-order chi connectivity index (χ1) is 19.8. The topological polar surface area (TPSA) is 63.9 Å². The highest BCUT2D eigenvalue weighted by Gasteiger charge is 2.41. The highest BCUT2D eigenvalue weighted by molar-refractivity contribution is 5.76. The van der Waals surface area contributed by atoms with Crippen molar-refractivity contribution in [1.82, 2.24) is 0 Å². The minimum atomic E-state index is -4.48. The van der Waals surface area contributed by atoms with Crippen molar-refractivity contribution in [2.75, 3.05) is 13.2 Å². The van der Waals surface area contributed by atoms with Crippen LogP contribution in [0.5, 0.6) is 5.75 Å². The quantitative estimate of drug-likeness (QED) is 0.171. The Labute approximate surface area is 235 Å². The zero-order valence-corrected chi connectivity index (χ0v) is 22.2. The van der Waals surface area contributed by atoms with E-state index >= 15 is 0 Å². The Bertz CT molecular complexity index is 1440. The summed E-state index contributed by atoms with van der Waals surface area (Å²) in [6, 6.07) is 4.47. The zero-order chi connectivity index (χ0) is 31.2. The first-order valence-corrected chi connectivity index (χ1v) is 12.1. The van der Waals surface area contributed by atoms with E-state index in [1.165, 1.54) is 19.3 Å². The molecule has 0 radical (unpaired) electrons. The SMILES string of the molecule is C=N/C=C(\C=N)C1OCC(C)CO1.Cc1cc(F)c(C(F)(F)Oc2ccc(-c3cc(F)c(F)c(F)c3)c(F)c2)c(F)c1. The van der Waals surface area contributed by atoms with E-state index in [0.717, 1.165) is 12.1 Å². The lowest BCUT2D eigenvalue weighted by Gasteiger charge is -2.27. The monoisotopic (exact) mass is 600 g/mol. The Morgan fingerprint density at radius 1 is 0.929 bits per heavy atom. The van der Waals surface area contributed by atoms with Gasteiger partial charge in [-0.1, -0.05) is 6.92 Å². The van der Waals surface area contributed by atoms with Gasteiger partial charge in [-0.2, -0.15) is 8.78 Å². The third-order valence-corrected chi connectivity index (χ3v) is 5.70. The highest BCUT2D eigenvalue weighted by atomic mass is 19.3. The molecule has 0 aliphatic carbocycles. The molecule has 1 heterocycles. The van der Waals surface area contributed by atoms with Gasteiger partial charge in [-0.25, -0.2) is 26.3 Å². The van der Waals surface area contributed by atoms with E-state index in [2.05, 4.69) is 23.4 Å². The Kier molecular flexibility index (Phi) is 10.6. The molecule has 224 valence electrons. The van der Waals surface area contributed by atoms with Crippen LogP contribution in [-0.4, -0.2) is 32.4 Å². The van der Waals surface area contributed by atoms with Gasteiger partial charge in [-0.15, -0.1) is 0 Å². The van der Waals surface area contributed by atoms with Gasteiger partial charge in [0.25, 0.3) is 0 Å². The van der Waals surface area contributed by atoms with Crippen molar-refractivity contribution in [3.63, 3.8) is 0 Å². The summed E-state index contributed by atoms with van der Waals surface area (Å²) >= 11 is 0. The number of rotatable bonds is 7. The minimum absolute atomic E-state index is 0.0636. The van der Waals surface area contributed by atoms with Crippen molar-refractivity contribution in [3.05, 3.63) is 100 Å². The largest absolute Gasteiger partial charge is 0.432 e. The summed E-state index contributed by atoms with van der Waals surface area (Å²) in [5.74, 6) is -9.64. The summed E-state index contributed by atoms with van der Waals surface area (Å²) in [5, 5.41) is 7.11. The number of nitrogens with one attached hydrogen (secondary N) is 1. The van der Waals surface area contributed by atoms with Gasteiger partial charge in [0.1, 0.15) is 28.8 Å². The molecule has 1 saturated heterocycles. The van der Waals surface area contributed by atoms with Gasteiger partial charge < -0.3 is 19.6 Å². The Hall–Kier alpha value is -4.10. The van der Waals surface area contributed by atoms with Gasteiger partial charge in [-0.3, -0.25) is 4.99 Å². The Morgan fingerprint density at radius 2 is 1.50 bits per heavy atom. The molecule has 0 unspecified atom stereocenters. The van der Waals surface area contributed by atoms with Crippen LogP contribution >= 0.6 is 0 Å². The molecule has 42 heavy (non-hydrogen) atoms. The van der Waals surface area contributed by atoms with Gasteiger partial charge in [0, 0.05) is 35.5 Å². The first kappa shape index (κ1) is 32.4. The molecule has 0 atom stereocenters. The average Bonchev–Trinajstić information content (AvgIpc) is 2.90. The Morgan fingerprint density at radius 3 is 2.00 bits per heavy atom. The van der Waals surface area contributed by atoms with Crippen LogP contribution in [0.2, 0.25) is 0 Å². The van der Waals surface area contributed by atoms with Gasteiger partial charge in [0.2, 0.25) is 0 Å². The van der Waals surface area contributed by atoms with Crippen LogP contribution < -0.4 is 4.74 Å². The standard InChI is InChI=1S/C20H10F8O.C9H14N2O2/c1-9-4-14(22)18(15(23)5-9)20(27,28)29-11-2-3-12(13(21)8-11)10-6-16(24)19(26)17(25)7-10;1-7-5-12-9(13-6-7)8(3-10)4-11-2/h2-8H,1H3;3-4,7,9-10H,2,5-6H2,1H3/b;8-4+,10-3?. The lowest BCUT2D eigenvalue weighted by atomic mass is 10.0. The van der Waals surface area contributed by atoms with Crippen molar-refractivity contribution in [2.24, 2.45) is 10.9 Å². The van der Waals surface area contributed by atoms with E-state index in [4.69, 9.17) is 14.9 Å². The molecule has 1 aliphatic heterocycles. The number of hydrogen-bond donors (Lipinski definition) is 1. The fraction of sp³-hybridized carbons (Fsp3) is 0.241. The van der Waals surface area contributed by atoms with Gasteiger partial charge in [-0.05, 0) is 61.2 Å². The average molecular weight is 601 g/mol. The number of alkyl halides is 2. The molecule has 1 fully saturated rings. The lowest BCUT2D eigenvalue weighted by molar-refractivity contribution is -0.189. The van der Waals surface area contributed by atoms with Crippen LogP contribution in [0.3, 0.4) is 0 Å². The second-order valence-electron chi connectivity index (χ2n) is 9.18. The van der Waals surface area contributed by atoms with Crippen molar-refractivity contribution >= 4 is 12.9 Å². The minimum Gasteiger partial charge on any atom is -0.429 e. The van der Waals surface area contributed by atoms with Gasteiger partial charge in [0.05, 0.1) is 13.2 Å². The summed E-state index contributed by atoms with van der Waals surface area (Å²) in [6.45, 7) is 7.98. The number of benzene rings is 3. The third-order valence-electron chi connectivity index (χ3n) is 5.70. The van der Waals surface area contributed by atoms with E-state index in [-0.39, 0.29) is 5.56 Å². The fourth-order valence-electron chi connectivity index (χ4n) is 3.74. The van der Waals surface area contributed by atoms with E-state index in [0.29, 0.717) is 55.0 Å². The number of hydrogen-bond acceptors (Lipinski definition) is 5. The van der Waals surface area contributed by atoms with E-state index in [1.807, 2.05) is 0 Å². The number of ether oxygens (including phenoxy) is 3. The number of nitrogens with zero attached hydrogens (tertiary/aromatic N) is 1. The normalized spacial score (nSPS) is 17.2. The van der Waals surface area contributed by atoms with Crippen molar-refractivity contribution < 1.29 is 49.3 Å². The number of halogens is 8. The second kappa shape index (κ2) is 13.7. The Balaban J connectivity index is 0.000000312. The first-order valence-electron chi connectivity index (χ1n) is 12.1. The van der Waals surface area contributed by atoms with Crippen LogP contribution in [0.25, 0.3) is 11.1 Å². The predicted molar refractivity (Wildman–Crippen MR) is 139 cm³/mol. The van der Waals surface area contributed by atoms with Crippen molar-refractivity contribution in [1.29, 1.82) is 5.41 Å². The number of aryl methyl sites for hydroxylation is 1. The maximum atomic E-state index is 14.3. The smallest absolute Gasteiger partial charge is 0.429 e. The van der Waals surface area contributed by atoms with Crippen LogP contribution in [0.1, 0.15) is 18.1 Å². The molecular formula is C29H24F8N2O3. The molecule has 0 saturated carbocycles. The van der Waals surface area contributed by atoms with E-state index in [9.17, 15) is 35.1 Å². The summed E-state index contributed by atoms with van der Waals surface area (Å²) in [4.78, 5) is 3.58. The molecule has 0 bridgehead atoms. The molecule has 4 rings (SSSR count). The van der Waals surface area contributed by atoms with Crippen molar-refractivity contribution in [3.8, 4) is 16.9 Å². The maximum absolute atomic E-state index is 14.3. The van der Waals surface area contributed by atoms with Crippen molar-refractivity contribution in [2.45, 2.75) is 26.2 Å². The molecule has 1 aliphatic rings. The lowest BCUT2D eigenvalue weighted by Crippen LogP contribution is -2.32. The van der Waals surface area contributed by atoms with Crippen LogP contribution in [0, 0.1) is 53.2 Å². The summed E-state index contributed by atoms with van der Waals surface area (Å²) in [6.07, 6.45) is -2.27. The summed E-state index contributed by atoms with van der Waals surface area (Å²) in [5.41, 5.74) is -1.83. The predicted octanol–water partition coefficient (Wildman–Crippen LogP) is 7.85. The summed E-state index contributed by atoms with van der Waals surface area (Å²) < 4.78 is 125. The molecule has 1 N–H and O–H groups in total. The fourth-order valence-corrected chi connectivity index (χ4v) is 3.74. The third kappa shape index (κ3) is 7.79. The zero-order valence-electron chi connectivity index (χ0n) is 22.2. The molecule has 13 heteroatoms. The molecule has 3 aromatic rings. The summed E-state index contributed by atoms with van der Waals surface area (Å²) in [7, 11) is 0. The highest BCUT2D eigenvalue weighted by Crippen LogP contribution is 2.37. The molecule has 0 spiro atoms. The van der Waals surface area contributed by atoms with Crippen LogP contribution in [0.4, 0.5) is 35.1 Å². The van der Waals surface area contributed by atoms with E-state index in [1.54, 1.807) is 0 Å². The molecule has 3 aromatic carbocycles. The molecular weight excluding hydrogens is 576 g/mol. The van der Waals surface area contributed by atoms with Crippen LogP contribution in [-0.2, 0) is 15.6 Å². The maximum Gasteiger partial charge on any atom is 0.432 e. The number of aliphatic imine (C=N–C) groups is 1. The molecule has 5 nitrogen and oxygen atoms in total. The second-order valence-corrected chi connectivity index (χ2v) is 9.18. The van der Waals surface area contributed by atoms with Gasteiger partial charge >= 0.3 is 6.11 Å². The van der Waals surface area contributed by atoms with E-state index < -0.39 is 69.7 Å². The van der Waals surface area contributed by atoms with Gasteiger partial charge in [0.15, 0.2) is 23.7 Å². The van der Waals surface area contributed by atoms with Crippen LogP contribution in [0.15, 0.2) is 59.2 Å². The molecule has 0 aromatic heterocycles.